The second-order valence-corrected chi connectivity index (χ2v) is 6.47. The second kappa shape index (κ2) is 6.25. The number of halogens is 1. The Morgan fingerprint density at radius 3 is 2.92 bits per heavy atom. The van der Waals surface area contributed by atoms with E-state index in [-0.39, 0.29) is 36.0 Å². The van der Waals surface area contributed by atoms with E-state index in [9.17, 15) is 14.0 Å². The summed E-state index contributed by atoms with van der Waals surface area (Å²) in [6.07, 6.45) is 0.0699. The molecule has 0 bridgehead atoms. The number of nitrogens with one attached hydrogen (secondary N) is 2. The van der Waals surface area contributed by atoms with Gasteiger partial charge in [0.15, 0.2) is 5.82 Å². The van der Waals surface area contributed by atoms with Gasteiger partial charge in [-0.2, -0.15) is 5.10 Å². The zero-order valence-electron chi connectivity index (χ0n) is 14.1. The van der Waals surface area contributed by atoms with Crippen molar-refractivity contribution in [2.45, 2.75) is 13.3 Å². The Kier molecular flexibility index (Phi) is 3.91. The molecule has 0 unspecified atom stereocenters. The van der Waals surface area contributed by atoms with E-state index in [4.69, 9.17) is 0 Å². The number of hydrogen-bond acceptors (Lipinski definition) is 3. The molecule has 0 radical (unpaired) electrons. The number of fused-ring (bicyclic) bond motifs is 1. The Labute approximate surface area is 149 Å². The topological polar surface area (TPSA) is 78.1 Å². The molecule has 1 aromatic heterocycles. The highest BCUT2D eigenvalue weighted by atomic mass is 19.1. The van der Waals surface area contributed by atoms with Crippen molar-refractivity contribution in [1.82, 2.24) is 10.2 Å². The van der Waals surface area contributed by atoms with Gasteiger partial charge in [0.2, 0.25) is 11.8 Å². The molecular weight excluding hydrogens is 335 g/mol. The molecule has 1 aliphatic rings. The van der Waals surface area contributed by atoms with Crippen LogP contribution in [0.1, 0.15) is 12.0 Å². The van der Waals surface area contributed by atoms with Crippen molar-refractivity contribution in [3.8, 4) is 0 Å². The van der Waals surface area contributed by atoms with Crippen molar-refractivity contribution in [3.05, 3.63) is 53.8 Å². The molecule has 2 heterocycles. The maximum atomic E-state index is 14.2. The lowest BCUT2D eigenvalue weighted by Crippen LogP contribution is -2.28. The van der Waals surface area contributed by atoms with Crippen LogP contribution in [0.25, 0.3) is 10.9 Å². The molecule has 3 aromatic rings. The predicted molar refractivity (Wildman–Crippen MR) is 96.3 cm³/mol. The molecule has 132 valence electrons. The third-order valence-corrected chi connectivity index (χ3v) is 4.56. The molecule has 1 saturated heterocycles. The number of amides is 2. The molecule has 26 heavy (non-hydrogen) atoms. The molecule has 6 nitrogen and oxygen atoms in total. The number of aromatic amines is 1. The maximum absolute atomic E-state index is 14.2. The van der Waals surface area contributed by atoms with E-state index in [1.807, 2.05) is 25.1 Å². The molecule has 0 aliphatic carbocycles. The number of rotatable bonds is 3. The van der Waals surface area contributed by atoms with Crippen molar-refractivity contribution in [2.24, 2.45) is 5.92 Å². The minimum atomic E-state index is -0.512. The van der Waals surface area contributed by atoms with E-state index in [1.54, 1.807) is 18.2 Å². The van der Waals surface area contributed by atoms with Crippen LogP contribution in [0.2, 0.25) is 0 Å². The average molecular weight is 352 g/mol. The smallest absolute Gasteiger partial charge is 0.229 e. The number of benzene rings is 2. The SMILES string of the molecule is Cc1cccc(NC(=O)[C@H]2CC(=O)N(c3n[nH]c4cccc(F)c34)C2)c1. The molecule has 2 aromatic carbocycles. The molecule has 4 rings (SSSR count). The number of H-pyrrole nitrogens is 1. The highest BCUT2D eigenvalue weighted by molar-refractivity contribution is 6.07. The van der Waals surface area contributed by atoms with Crippen molar-refractivity contribution in [3.63, 3.8) is 0 Å². The number of aryl methyl sites for hydroxylation is 1. The van der Waals surface area contributed by atoms with Crippen LogP contribution < -0.4 is 10.2 Å². The summed E-state index contributed by atoms with van der Waals surface area (Å²) in [4.78, 5) is 26.3. The van der Waals surface area contributed by atoms with Crippen LogP contribution in [-0.2, 0) is 9.59 Å². The molecule has 1 fully saturated rings. The van der Waals surface area contributed by atoms with E-state index >= 15 is 0 Å². The zero-order valence-corrected chi connectivity index (χ0v) is 14.1. The largest absolute Gasteiger partial charge is 0.326 e. The minimum absolute atomic E-state index is 0.0699. The fourth-order valence-electron chi connectivity index (χ4n) is 3.26. The Morgan fingerprint density at radius 1 is 1.31 bits per heavy atom. The maximum Gasteiger partial charge on any atom is 0.229 e. The Bertz CT molecular complexity index is 1010. The monoisotopic (exact) mass is 352 g/mol. The highest BCUT2D eigenvalue weighted by Gasteiger charge is 2.37. The number of nitrogens with zero attached hydrogens (tertiary/aromatic N) is 2. The van der Waals surface area contributed by atoms with Crippen molar-refractivity contribution >= 4 is 34.2 Å². The van der Waals surface area contributed by atoms with Gasteiger partial charge in [0, 0.05) is 18.7 Å². The summed E-state index contributed by atoms with van der Waals surface area (Å²) in [5.74, 6) is -1.21. The Morgan fingerprint density at radius 2 is 2.12 bits per heavy atom. The average Bonchev–Trinajstić information content (AvgIpc) is 3.19. The number of hydrogen-bond donors (Lipinski definition) is 2. The predicted octanol–water partition coefficient (Wildman–Crippen LogP) is 3.00. The van der Waals surface area contributed by atoms with Gasteiger partial charge in [0.1, 0.15) is 5.82 Å². The van der Waals surface area contributed by atoms with Crippen LogP contribution in [0, 0.1) is 18.7 Å². The van der Waals surface area contributed by atoms with Crippen molar-refractivity contribution < 1.29 is 14.0 Å². The van der Waals surface area contributed by atoms with E-state index < -0.39 is 11.7 Å². The number of aromatic nitrogens is 2. The summed E-state index contributed by atoms with van der Waals surface area (Å²) in [6.45, 7) is 2.11. The van der Waals surface area contributed by atoms with Gasteiger partial charge in [-0.25, -0.2) is 4.39 Å². The van der Waals surface area contributed by atoms with Gasteiger partial charge in [-0.3, -0.25) is 19.6 Å². The lowest BCUT2D eigenvalue weighted by Gasteiger charge is -2.14. The first-order chi connectivity index (χ1) is 12.5. The first-order valence-electron chi connectivity index (χ1n) is 8.33. The van der Waals surface area contributed by atoms with E-state index in [2.05, 4.69) is 15.5 Å². The van der Waals surface area contributed by atoms with Gasteiger partial charge in [0.05, 0.1) is 16.8 Å². The van der Waals surface area contributed by atoms with Gasteiger partial charge >= 0.3 is 0 Å². The lowest BCUT2D eigenvalue weighted by molar-refractivity contribution is -0.122. The van der Waals surface area contributed by atoms with Gasteiger partial charge in [-0.1, -0.05) is 18.2 Å². The first-order valence-corrected chi connectivity index (χ1v) is 8.33. The number of anilines is 2. The van der Waals surface area contributed by atoms with Gasteiger partial charge in [-0.05, 0) is 36.8 Å². The quantitative estimate of drug-likeness (QED) is 0.761. The van der Waals surface area contributed by atoms with Crippen LogP contribution in [-0.4, -0.2) is 28.6 Å². The standard InChI is InChI=1S/C19H17FN4O2/c1-11-4-2-5-13(8-11)21-19(26)12-9-16(25)24(10-12)18-17-14(20)6-3-7-15(17)22-23-18/h2-8,12H,9-10H2,1H3,(H,21,26)(H,22,23)/t12-/m0/s1. The Balaban J connectivity index is 1.56. The summed E-state index contributed by atoms with van der Waals surface area (Å²) in [5, 5.41) is 9.92. The third kappa shape index (κ3) is 2.81. The molecular formula is C19H17FN4O2. The summed E-state index contributed by atoms with van der Waals surface area (Å²) in [6, 6.07) is 12.0. The first kappa shape index (κ1) is 16.3. The lowest BCUT2D eigenvalue weighted by atomic mass is 10.1. The van der Waals surface area contributed by atoms with E-state index in [0.29, 0.717) is 11.2 Å². The molecule has 0 spiro atoms. The molecule has 0 saturated carbocycles. The van der Waals surface area contributed by atoms with E-state index in [1.165, 1.54) is 11.0 Å². The molecule has 2 N–H and O–H groups in total. The molecule has 1 atom stereocenters. The summed E-state index contributed by atoms with van der Waals surface area (Å²) >= 11 is 0. The van der Waals surface area contributed by atoms with E-state index in [0.717, 1.165) is 5.56 Å². The fraction of sp³-hybridized carbons (Fsp3) is 0.211. The van der Waals surface area contributed by atoms with Crippen LogP contribution in [0.3, 0.4) is 0 Å². The number of carbonyl (C=O) groups excluding carboxylic acids is 2. The van der Waals surface area contributed by atoms with Crippen LogP contribution >= 0.6 is 0 Å². The third-order valence-electron chi connectivity index (χ3n) is 4.56. The van der Waals surface area contributed by atoms with Crippen molar-refractivity contribution in [1.29, 1.82) is 0 Å². The highest BCUT2D eigenvalue weighted by Crippen LogP contribution is 2.31. The van der Waals surface area contributed by atoms with Crippen LogP contribution in [0.15, 0.2) is 42.5 Å². The van der Waals surface area contributed by atoms with Gasteiger partial charge < -0.3 is 5.32 Å². The summed E-state index contributed by atoms with van der Waals surface area (Å²) < 4.78 is 14.2. The second-order valence-electron chi connectivity index (χ2n) is 6.47. The summed E-state index contributed by atoms with van der Waals surface area (Å²) in [5.41, 5.74) is 2.24. The summed E-state index contributed by atoms with van der Waals surface area (Å²) in [7, 11) is 0. The van der Waals surface area contributed by atoms with Gasteiger partial charge in [-0.15, -0.1) is 0 Å². The Hall–Kier alpha value is -3.22. The van der Waals surface area contributed by atoms with Crippen molar-refractivity contribution in [2.75, 3.05) is 16.8 Å². The minimum Gasteiger partial charge on any atom is -0.326 e. The van der Waals surface area contributed by atoms with Gasteiger partial charge in [0.25, 0.3) is 0 Å². The zero-order chi connectivity index (χ0) is 18.3. The molecule has 1 aliphatic heterocycles. The van der Waals surface area contributed by atoms with Crippen LogP contribution in [0.4, 0.5) is 15.9 Å². The fourth-order valence-corrected chi connectivity index (χ4v) is 3.26. The van der Waals surface area contributed by atoms with Crippen LogP contribution in [0.5, 0.6) is 0 Å². The normalized spacial score (nSPS) is 17.1. The number of carbonyl (C=O) groups is 2. The molecule has 2 amide bonds. The molecule has 7 heteroatoms.